The van der Waals surface area contributed by atoms with E-state index in [9.17, 15) is 18.0 Å². The summed E-state index contributed by atoms with van der Waals surface area (Å²) in [6.07, 6.45) is 0.756. The zero-order valence-corrected chi connectivity index (χ0v) is 17.2. The third-order valence-corrected chi connectivity index (χ3v) is 5.88. The molecular weight excluding hydrogens is 376 g/mol. The van der Waals surface area contributed by atoms with E-state index < -0.39 is 10.0 Å². The van der Waals surface area contributed by atoms with Crippen LogP contribution >= 0.6 is 0 Å². The van der Waals surface area contributed by atoms with Crippen LogP contribution < -0.4 is 10.0 Å². The Morgan fingerprint density at radius 3 is 2.36 bits per heavy atom. The number of ketones is 1. The van der Waals surface area contributed by atoms with E-state index in [-0.39, 0.29) is 35.6 Å². The van der Waals surface area contributed by atoms with E-state index in [0.29, 0.717) is 5.56 Å². The number of hydrogen-bond acceptors (Lipinski definition) is 4. The van der Waals surface area contributed by atoms with E-state index in [1.807, 2.05) is 38.1 Å². The van der Waals surface area contributed by atoms with Crippen molar-refractivity contribution in [3.63, 3.8) is 0 Å². The normalized spacial score (nSPS) is 12.4. The first kappa shape index (κ1) is 21.8. The van der Waals surface area contributed by atoms with Gasteiger partial charge in [-0.25, -0.2) is 13.1 Å². The second kappa shape index (κ2) is 9.61. The third-order valence-electron chi connectivity index (χ3n) is 4.42. The SMILES string of the molecule is CCC(NC(=O)CCNS(=O)(=O)c1cccc(C(C)=O)c1)c1ccc(C)cc1. The molecule has 150 valence electrons. The lowest BCUT2D eigenvalue weighted by molar-refractivity contribution is -0.121. The molecule has 0 saturated heterocycles. The van der Waals surface area contributed by atoms with E-state index >= 15 is 0 Å². The highest BCUT2D eigenvalue weighted by Gasteiger charge is 2.17. The Labute approximate surface area is 166 Å². The van der Waals surface area contributed by atoms with Gasteiger partial charge in [0.15, 0.2) is 5.78 Å². The molecule has 1 unspecified atom stereocenters. The van der Waals surface area contributed by atoms with E-state index in [1.165, 1.54) is 25.1 Å². The van der Waals surface area contributed by atoms with Gasteiger partial charge in [-0.3, -0.25) is 9.59 Å². The van der Waals surface area contributed by atoms with E-state index in [0.717, 1.165) is 17.5 Å². The number of benzene rings is 2. The topological polar surface area (TPSA) is 92.3 Å². The Balaban J connectivity index is 1.92. The summed E-state index contributed by atoms with van der Waals surface area (Å²) in [4.78, 5) is 23.7. The number of aryl methyl sites for hydroxylation is 1. The number of sulfonamides is 1. The molecule has 2 N–H and O–H groups in total. The molecular formula is C21H26N2O4S. The molecule has 2 aromatic rings. The van der Waals surface area contributed by atoms with Crippen LogP contribution in [0.3, 0.4) is 0 Å². The number of rotatable bonds is 9. The number of Topliss-reactive ketones (excluding diaryl/α,β-unsaturated/α-hetero) is 1. The maximum atomic E-state index is 12.4. The Kier molecular flexibility index (Phi) is 7.48. The average Bonchev–Trinajstić information content (AvgIpc) is 2.67. The molecule has 0 aliphatic carbocycles. The van der Waals surface area contributed by atoms with Crippen LogP contribution in [0.15, 0.2) is 53.4 Å². The molecule has 0 aromatic heterocycles. The van der Waals surface area contributed by atoms with Crippen molar-refractivity contribution in [2.45, 2.75) is 44.6 Å². The Morgan fingerprint density at radius 1 is 1.07 bits per heavy atom. The van der Waals surface area contributed by atoms with Gasteiger partial charge >= 0.3 is 0 Å². The molecule has 28 heavy (non-hydrogen) atoms. The van der Waals surface area contributed by atoms with Crippen molar-refractivity contribution >= 4 is 21.7 Å². The smallest absolute Gasteiger partial charge is 0.240 e. The maximum absolute atomic E-state index is 12.4. The molecule has 0 saturated carbocycles. The zero-order valence-electron chi connectivity index (χ0n) is 16.4. The van der Waals surface area contributed by atoms with Crippen molar-refractivity contribution < 1.29 is 18.0 Å². The summed E-state index contributed by atoms with van der Waals surface area (Å²) in [6.45, 7) is 5.33. The van der Waals surface area contributed by atoms with E-state index in [2.05, 4.69) is 10.0 Å². The van der Waals surface area contributed by atoms with Crippen molar-refractivity contribution in [2.75, 3.05) is 6.54 Å². The van der Waals surface area contributed by atoms with Gasteiger partial charge in [0.1, 0.15) is 0 Å². The minimum atomic E-state index is -3.79. The molecule has 0 spiro atoms. The van der Waals surface area contributed by atoms with Gasteiger partial charge < -0.3 is 5.32 Å². The van der Waals surface area contributed by atoms with Crippen LogP contribution in [-0.2, 0) is 14.8 Å². The van der Waals surface area contributed by atoms with Crippen LogP contribution in [0.4, 0.5) is 0 Å². The van der Waals surface area contributed by atoms with Crippen molar-refractivity contribution in [1.29, 1.82) is 0 Å². The minimum absolute atomic E-state index is 0.00620. The predicted molar refractivity (Wildman–Crippen MR) is 109 cm³/mol. The summed E-state index contributed by atoms with van der Waals surface area (Å²) < 4.78 is 27.1. The summed E-state index contributed by atoms with van der Waals surface area (Å²) in [5.74, 6) is -0.439. The number of hydrogen-bond donors (Lipinski definition) is 2. The number of nitrogens with one attached hydrogen (secondary N) is 2. The monoisotopic (exact) mass is 402 g/mol. The van der Waals surface area contributed by atoms with Crippen LogP contribution in [-0.4, -0.2) is 26.7 Å². The summed E-state index contributed by atoms with van der Waals surface area (Å²) in [5, 5.41) is 2.93. The number of amides is 1. The fraction of sp³-hybridized carbons (Fsp3) is 0.333. The van der Waals surface area contributed by atoms with Gasteiger partial charge in [-0.1, -0.05) is 48.9 Å². The molecule has 6 nitrogen and oxygen atoms in total. The predicted octanol–water partition coefficient (Wildman–Crippen LogP) is 3.13. The van der Waals surface area contributed by atoms with Crippen LogP contribution in [0.1, 0.15) is 54.2 Å². The van der Waals surface area contributed by atoms with Gasteiger partial charge in [0.05, 0.1) is 10.9 Å². The molecule has 0 aliphatic heterocycles. The molecule has 1 amide bonds. The second-order valence-electron chi connectivity index (χ2n) is 6.67. The van der Waals surface area contributed by atoms with Crippen LogP contribution in [0.25, 0.3) is 0 Å². The molecule has 7 heteroatoms. The van der Waals surface area contributed by atoms with Crippen LogP contribution in [0.5, 0.6) is 0 Å². The molecule has 2 aromatic carbocycles. The molecule has 2 rings (SSSR count). The summed E-state index contributed by atoms with van der Waals surface area (Å²) >= 11 is 0. The van der Waals surface area contributed by atoms with Gasteiger partial charge in [0, 0.05) is 18.5 Å². The highest BCUT2D eigenvalue weighted by atomic mass is 32.2. The lowest BCUT2D eigenvalue weighted by atomic mass is 10.0. The minimum Gasteiger partial charge on any atom is -0.349 e. The molecule has 0 heterocycles. The van der Waals surface area contributed by atoms with E-state index in [4.69, 9.17) is 0 Å². The summed E-state index contributed by atoms with van der Waals surface area (Å²) in [6, 6.07) is 13.7. The van der Waals surface area contributed by atoms with Gasteiger partial charge in [-0.15, -0.1) is 0 Å². The Hall–Kier alpha value is -2.51. The fourth-order valence-electron chi connectivity index (χ4n) is 2.75. The number of carbonyl (C=O) groups is 2. The highest BCUT2D eigenvalue weighted by molar-refractivity contribution is 7.89. The van der Waals surface area contributed by atoms with Crippen molar-refractivity contribution in [3.05, 3.63) is 65.2 Å². The highest BCUT2D eigenvalue weighted by Crippen LogP contribution is 2.17. The molecule has 0 radical (unpaired) electrons. The molecule has 0 fully saturated rings. The first-order valence-corrected chi connectivity index (χ1v) is 10.7. The van der Waals surface area contributed by atoms with Crippen LogP contribution in [0, 0.1) is 6.92 Å². The maximum Gasteiger partial charge on any atom is 0.240 e. The third kappa shape index (κ3) is 6.00. The van der Waals surface area contributed by atoms with Crippen molar-refractivity contribution in [3.8, 4) is 0 Å². The average molecular weight is 403 g/mol. The molecule has 0 bridgehead atoms. The quantitative estimate of drug-likeness (QED) is 0.630. The number of carbonyl (C=O) groups excluding carboxylic acids is 2. The van der Waals surface area contributed by atoms with E-state index in [1.54, 1.807) is 6.07 Å². The standard InChI is InChI=1S/C21H26N2O4S/c1-4-20(17-10-8-15(2)9-11-17)23-21(25)12-13-22-28(26,27)19-7-5-6-18(14-19)16(3)24/h5-11,14,20,22H,4,12-13H2,1-3H3,(H,23,25). The zero-order chi connectivity index (χ0) is 20.7. The lowest BCUT2D eigenvalue weighted by Crippen LogP contribution is -2.32. The summed E-state index contributed by atoms with van der Waals surface area (Å²) in [7, 11) is -3.79. The fourth-order valence-corrected chi connectivity index (χ4v) is 3.83. The first-order valence-electron chi connectivity index (χ1n) is 9.19. The summed E-state index contributed by atoms with van der Waals surface area (Å²) in [5.41, 5.74) is 2.49. The largest absolute Gasteiger partial charge is 0.349 e. The molecule has 0 aliphatic rings. The van der Waals surface area contributed by atoms with Gasteiger partial charge in [-0.05, 0) is 38.0 Å². The lowest BCUT2D eigenvalue weighted by Gasteiger charge is -2.18. The van der Waals surface area contributed by atoms with Gasteiger partial charge in [0.25, 0.3) is 0 Å². The van der Waals surface area contributed by atoms with Gasteiger partial charge in [0.2, 0.25) is 15.9 Å². The Bertz CT molecular complexity index is 937. The second-order valence-corrected chi connectivity index (χ2v) is 8.44. The van der Waals surface area contributed by atoms with Gasteiger partial charge in [-0.2, -0.15) is 0 Å². The molecule has 1 atom stereocenters. The Morgan fingerprint density at radius 2 is 1.75 bits per heavy atom. The van der Waals surface area contributed by atoms with Crippen LogP contribution in [0.2, 0.25) is 0 Å². The van der Waals surface area contributed by atoms with Crippen molar-refractivity contribution in [2.24, 2.45) is 0 Å². The van der Waals surface area contributed by atoms with Crippen molar-refractivity contribution in [1.82, 2.24) is 10.0 Å². The first-order chi connectivity index (χ1) is 13.2.